The number of nitrogens with zero attached hydrogens (tertiary/aromatic N) is 2. The highest BCUT2D eigenvalue weighted by Crippen LogP contribution is 2.32. The minimum atomic E-state index is 0.228. The first-order chi connectivity index (χ1) is 7.70. The lowest BCUT2D eigenvalue weighted by Crippen LogP contribution is -1.95. The van der Waals surface area contributed by atoms with Gasteiger partial charge in [-0.15, -0.1) is 5.10 Å². The van der Waals surface area contributed by atoms with Crippen molar-refractivity contribution >= 4 is 43.6 Å². The number of para-hydroxylation sites is 1. The van der Waals surface area contributed by atoms with E-state index in [-0.39, 0.29) is 6.54 Å². The van der Waals surface area contributed by atoms with Gasteiger partial charge in [-0.3, -0.25) is 0 Å². The van der Waals surface area contributed by atoms with E-state index < -0.39 is 0 Å². The van der Waals surface area contributed by atoms with Gasteiger partial charge in [-0.05, 0) is 44.0 Å². The second kappa shape index (κ2) is 4.94. The molecule has 84 valence electrons. The number of hydrogen-bond donors (Lipinski definition) is 2. The van der Waals surface area contributed by atoms with Gasteiger partial charge in [0.2, 0.25) is 5.89 Å². The Morgan fingerprint density at radius 3 is 2.50 bits per heavy atom. The van der Waals surface area contributed by atoms with Crippen LogP contribution in [0.3, 0.4) is 0 Å². The van der Waals surface area contributed by atoms with Crippen LogP contribution in [-0.4, -0.2) is 10.2 Å². The average molecular weight is 348 g/mol. The Morgan fingerprint density at radius 1 is 1.25 bits per heavy atom. The third-order valence-corrected chi connectivity index (χ3v) is 3.16. The normalized spacial score (nSPS) is 10.4. The average Bonchev–Trinajstić information content (AvgIpc) is 2.71. The molecule has 0 amide bonds. The fraction of sp³-hybridized carbons (Fsp3) is 0.111. The zero-order valence-electron chi connectivity index (χ0n) is 8.08. The first-order valence-corrected chi connectivity index (χ1v) is 6.03. The molecular formula is C9H8Br2N4O. The van der Waals surface area contributed by atoms with Crippen LogP contribution in [0.15, 0.2) is 31.6 Å². The highest BCUT2D eigenvalue weighted by molar-refractivity contribution is 9.11. The highest BCUT2D eigenvalue weighted by Gasteiger charge is 2.09. The zero-order chi connectivity index (χ0) is 11.5. The van der Waals surface area contributed by atoms with Gasteiger partial charge in [0, 0.05) is 8.95 Å². The Hall–Kier alpha value is -0.920. The quantitative estimate of drug-likeness (QED) is 0.892. The van der Waals surface area contributed by atoms with Crippen LogP contribution in [0, 0.1) is 0 Å². The summed E-state index contributed by atoms with van der Waals surface area (Å²) in [5.41, 5.74) is 6.20. The minimum absolute atomic E-state index is 0.228. The summed E-state index contributed by atoms with van der Waals surface area (Å²) in [6, 6.07) is 6.05. The fourth-order valence-electron chi connectivity index (χ4n) is 1.11. The molecule has 0 bridgehead atoms. The highest BCUT2D eigenvalue weighted by atomic mass is 79.9. The van der Waals surface area contributed by atoms with Gasteiger partial charge >= 0.3 is 6.01 Å². The van der Waals surface area contributed by atoms with Crippen molar-refractivity contribution in [1.29, 1.82) is 0 Å². The van der Waals surface area contributed by atoms with Crippen molar-refractivity contribution in [3.63, 3.8) is 0 Å². The molecule has 0 radical (unpaired) electrons. The molecule has 0 saturated heterocycles. The van der Waals surface area contributed by atoms with Crippen molar-refractivity contribution in [3.05, 3.63) is 33.0 Å². The van der Waals surface area contributed by atoms with E-state index in [4.69, 9.17) is 10.2 Å². The summed E-state index contributed by atoms with van der Waals surface area (Å²) in [7, 11) is 0. The number of halogens is 2. The van der Waals surface area contributed by atoms with Gasteiger partial charge in [-0.1, -0.05) is 11.2 Å². The first-order valence-electron chi connectivity index (χ1n) is 4.44. The minimum Gasteiger partial charge on any atom is -0.406 e. The van der Waals surface area contributed by atoms with Crippen LogP contribution in [-0.2, 0) is 6.54 Å². The number of nitrogens with one attached hydrogen (secondary N) is 1. The Kier molecular flexibility index (Phi) is 3.57. The van der Waals surface area contributed by atoms with E-state index in [1.807, 2.05) is 18.2 Å². The second-order valence-corrected chi connectivity index (χ2v) is 4.64. The van der Waals surface area contributed by atoms with E-state index in [0.29, 0.717) is 11.9 Å². The van der Waals surface area contributed by atoms with Gasteiger partial charge in [-0.25, -0.2) is 0 Å². The summed E-state index contributed by atoms with van der Waals surface area (Å²) >= 11 is 6.84. The Labute approximate surface area is 109 Å². The van der Waals surface area contributed by atoms with Crippen molar-refractivity contribution in [1.82, 2.24) is 10.2 Å². The van der Waals surface area contributed by atoms with Crippen LogP contribution in [0.1, 0.15) is 5.89 Å². The maximum atomic E-state index is 5.37. The first kappa shape index (κ1) is 11.6. The fourth-order valence-corrected chi connectivity index (χ4v) is 2.31. The van der Waals surface area contributed by atoms with E-state index in [1.165, 1.54) is 0 Å². The van der Waals surface area contributed by atoms with Gasteiger partial charge in [-0.2, -0.15) is 0 Å². The Bertz CT molecular complexity index is 480. The lowest BCUT2D eigenvalue weighted by Gasteiger charge is -2.06. The SMILES string of the molecule is NCc1nnc(Nc2c(Br)cccc2Br)o1. The molecular weight excluding hydrogens is 340 g/mol. The van der Waals surface area contributed by atoms with E-state index in [2.05, 4.69) is 47.4 Å². The van der Waals surface area contributed by atoms with E-state index in [0.717, 1.165) is 14.6 Å². The summed E-state index contributed by atoms with van der Waals surface area (Å²) in [5.74, 6) is 0.394. The summed E-state index contributed by atoms with van der Waals surface area (Å²) in [6.45, 7) is 0.228. The molecule has 0 aliphatic heterocycles. The van der Waals surface area contributed by atoms with Crippen LogP contribution in [0.5, 0.6) is 0 Å². The molecule has 2 rings (SSSR count). The molecule has 0 spiro atoms. The molecule has 1 aromatic heterocycles. The van der Waals surface area contributed by atoms with Crippen LogP contribution < -0.4 is 11.1 Å². The summed E-state index contributed by atoms with van der Waals surface area (Å²) in [4.78, 5) is 0. The molecule has 1 heterocycles. The van der Waals surface area contributed by atoms with Crippen molar-refractivity contribution in [2.24, 2.45) is 5.73 Å². The summed E-state index contributed by atoms with van der Waals surface area (Å²) in [6.07, 6.45) is 0. The molecule has 16 heavy (non-hydrogen) atoms. The maximum absolute atomic E-state index is 5.37. The smallest absolute Gasteiger partial charge is 0.320 e. The standard InChI is InChI=1S/C9H8Br2N4O/c10-5-2-1-3-6(11)8(5)13-9-15-14-7(4-12)16-9/h1-3H,4,12H2,(H,13,15). The van der Waals surface area contributed by atoms with Gasteiger partial charge in [0.05, 0.1) is 12.2 Å². The van der Waals surface area contributed by atoms with Crippen LogP contribution in [0.2, 0.25) is 0 Å². The lowest BCUT2D eigenvalue weighted by molar-refractivity contribution is 0.511. The third kappa shape index (κ3) is 2.42. The predicted molar refractivity (Wildman–Crippen MR) is 67.3 cm³/mol. The lowest BCUT2D eigenvalue weighted by atomic mass is 10.3. The van der Waals surface area contributed by atoms with Crippen molar-refractivity contribution in [2.45, 2.75) is 6.54 Å². The molecule has 2 aromatic rings. The van der Waals surface area contributed by atoms with Gasteiger partial charge in [0.25, 0.3) is 0 Å². The Balaban J connectivity index is 2.26. The van der Waals surface area contributed by atoms with Gasteiger partial charge in [0.1, 0.15) is 0 Å². The zero-order valence-corrected chi connectivity index (χ0v) is 11.2. The third-order valence-electron chi connectivity index (χ3n) is 1.84. The molecule has 3 N–H and O–H groups in total. The number of rotatable bonds is 3. The largest absolute Gasteiger partial charge is 0.406 e. The molecule has 0 atom stereocenters. The maximum Gasteiger partial charge on any atom is 0.320 e. The number of nitrogens with two attached hydrogens (primary N) is 1. The number of aromatic nitrogens is 2. The van der Waals surface area contributed by atoms with Crippen molar-refractivity contribution < 1.29 is 4.42 Å². The van der Waals surface area contributed by atoms with Crippen LogP contribution in [0.25, 0.3) is 0 Å². The predicted octanol–water partition coefficient (Wildman–Crippen LogP) is 2.80. The monoisotopic (exact) mass is 346 g/mol. The molecule has 0 fully saturated rings. The topological polar surface area (TPSA) is 77.0 Å². The summed E-state index contributed by atoms with van der Waals surface area (Å²) in [5, 5.41) is 10.6. The van der Waals surface area contributed by atoms with Crippen LogP contribution >= 0.6 is 31.9 Å². The van der Waals surface area contributed by atoms with Crippen LogP contribution in [0.4, 0.5) is 11.7 Å². The number of benzene rings is 1. The van der Waals surface area contributed by atoms with E-state index in [9.17, 15) is 0 Å². The van der Waals surface area contributed by atoms with Gasteiger partial charge in [0.15, 0.2) is 0 Å². The van der Waals surface area contributed by atoms with Crippen molar-refractivity contribution in [2.75, 3.05) is 5.32 Å². The summed E-state index contributed by atoms with van der Waals surface area (Å²) < 4.78 is 7.04. The van der Waals surface area contributed by atoms with Gasteiger partial charge < -0.3 is 15.5 Å². The Morgan fingerprint density at radius 2 is 1.94 bits per heavy atom. The van der Waals surface area contributed by atoms with E-state index >= 15 is 0 Å². The molecule has 0 saturated carbocycles. The molecule has 0 unspecified atom stereocenters. The molecule has 0 aliphatic carbocycles. The molecule has 7 heteroatoms. The molecule has 0 aliphatic rings. The number of hydrogen-bond acceptors (Lipinski definition) is 5. The molecule has 1 aromatic carbocycles. The van der Waals surface area contributed by atoms with Crippen molar-refractivity contribution in [3.8, 4) is 0 Å². The van der Waals surface area contributed by atoms with E-state index in [1.54, 1.807) is 0 Å². The number of anilines is 2. The second-order valence-electron chi connectivity index (χ2n) is 2.93. The molecule has 5 nitrogen and oxygen atoms in total.